The van der Waals surface area contributed by atoms with Crippen molar-refractivity contribution in [3.63, 3.8) is 0 Å². The van der Waals surface area contributed by atoms with Gasteiger partial charge in [-0.1, -0.05) is 58.9 Å². The van der Waals surface area contributed by atoms with Crippen molar-refractivity contribution in [3.8, 4) is 6.07 Å². The molecule has 2 N–H and O–H groups in total. The number of amides is 1. The summed E-state index contributed by atoms with van der Waals surface area (Å²) in [6.07, 6.45) is 1.43. The highest BCUT2D eigenvalue weighted by molar-refractivity contribution is 6.06. The Morgan fingerprint density at radius 2 is 1.56 bits per heavy atom. The van der Waals surface area contributed by atoms with Gasteiger partial charge in [-0.05, 0) is 46.7 Å². The average Bonchev–Trinajstić information content (AvgIpc) is 2.62. The molecule has 0 saturated heterocycles. The Balaban J connectivity index is 2.04. The quantitative estimate of drug-likeness (QED) is 0.541. The highest BCUT2D eigenvalue weighted by Crippen LogP contribution is 2.23. The van der Waals surface area contributed by atoms with Gasteiger partial charge in [0.2, 0.25) is 0 Å². The van der Waals surface area contributed by atoms with Gasteiger partial charge >= 0.3 is 0 Å². The summed E-state index contributed by atoms with van der Waals surface area (Å²) < 4.78 is 0. The standard InChI is InChI=1S/C23H27N3O/c1-16(2)17-6-10-21(11-7-17)26-22(27)18(14-24)15-25-20-12-8-19(9-13-20)23(3,4)5/h6-13,15-16,25H,1-5H3,(H,26,27)/b18-15-. The maximum atomic E-state index is 12.3. The SMILES string of the molecule is CC(C)c1ccc(NC(=O)/C(C#N)=C\Nc2ccc(C(C)(C)C)cc2)cc1. The topological polar surface area (TPSA) is 64.9 Å². The number of carbonyl (C=O) groups excluding carboxylic acids is 1. The number of anilines is 2. The first-order valence-electron chi connectivity index (χ1n) is 9.09. The number of nitrogens with one attached hydrogen (secondary N) is 2. The molecule has 2 rings (SSSR count). The maximum Gasteiger partial charge on any atom is 0.267 e. The minimum atomic E-state index is -0.436. The zero-order chi connectivity index (χ0) is 20.0. The van der Waals surface area contributed by atoms with E-state index in [1.807, 2.05) is 54.6 Å². The van der Waals surface area contributed by atoms with Gasteiger partial charge in [-0.3, -0.25) is 4.79 Å². The Bertz CT molecular complexity index is 848. The van der Waals surface area contributed by atoms with E-state index in [2.05, 4.69) is 45.3 Å². The molecule has 0 aromatic heterocycles. The molecule has 4 nitrogen and oxygen atoms in total. The number of rotatable bonds is 5. The van der Waals surface area contributed by atoms with Crippen LogP contribution in [0.15, 0.2) is 60.3 Å². The molecule has 0 aliphatic rings. The third kappa shape index (κ3) is 5.72. The van der Waals surface area contributed by atoms with Gasteiger partial charge in [0.25, 0.3) is 5.91 Å². The van der Waals surface area contributed by atoms with Crippen LogP contribution in [0.1, 0.15) is 51.7 Å². The van der Waals surface area contributed by atoms with Crippen LogP contribution in [0.25, 0.3) is 0 Å². The van der Waals surface area contributed by atoms with Gasteiger partial charge in [-0.2, -0.15) is 5.26 Å². The van der Waals surface area contributed by atoms with E-state index >= 15 is 0 Å². The van der Waals surface area contributed by atoms with E-state index in [0.29, 0.717) is 11.6 Å². The fourth-order valence-corrected chi connectivity index (χ4v) is 2.52. The van der Waals surface area contributed by atoms with Crippen LogP contribution >= 0.6 is 0 Å². The van der Waals surface area contributed by atoms with Crippen LogP contribution in [-0.2, 0) is 10.2 Å². The van der Waals surface area contributed by atoms with Crippen LogP contribution in [0.2, 0.25) is 0 Å². The van der Waals surface area contributed by atoms with E-state index in [4.69, 9.17) is 0 Å². The van der Waals surface area contributed by atoms with Crippen LogP contribution in [0.4, 0.5) is 11.4 Å². The molecule has 140 valence electrons. The van der Waals surface area contributed by atoms with E-state index in [1.165, 1.54) is 17.3 Å². The lowest BCUT2D eigenvalue weighted by atomic mass is 9.87. The molecule has 0 fully saturated rings. The Kier molecular flexibility index (Phi) is 6.41. The molecule has 4 heteroatoms. The predicted octanol–water partition coefficient (Wildman–Crippen LogP) is 5.57. The molecular weight excluding hydrogens is 334 g/mol. The lowest BCUT2D eigenvalue weighted by Crippen LogP contribution is -2.14. The first kappa shape index (κ1) is 20.3. The zero-order valence-corrected chi connectivity index (χ0v) is 16.6. The molecule has 27 heavy (non-hydrogen) atoms. The van der Waals surface area contributed by atoms with Crippen molar-refractivity contribution in [2.24, 2.45) is 0 Å². The molecule has 1 amide bonds. The fourth-order valence-electron chi connectivity index (χ4n) is 2.52. The fraction of sp³-hybridized carbons (Fsp3) is 0.304. The third-order valence-electron chi connectivity index (χ3n) is 4.33. The molecule has 0 spiro atoms. The van der Waals surface area contributed by atoms with E-state index < -0.39 is 5.91 Å². The second-order valence-corrected chi connectivity index (χ2v) is 7.87. The summed E-state index contributed by atoms with van der Waals surface area (Å²) in [4.78, 5) is 12.3. The van der Waals surface area contributed by atoms with Crippen LogP contribution < -0.4 is 10.6 Å². The number of carbonyl (C=O) groups is 1. The van der Waals surface area contributed by atoms with Gasteiger partial charge in [0.1, 0.15) is 11.6 Å². The molecule has 2 aromatic rings. The molecule has 0 aliphatic heterocycles. The molecular formula is C23H27N3O. The zero-order valence-electron chi connectivity index (χ0n) is 16.6. The molecule has 0 heterocycles. The summed E-state index contributed by atoms with van der Waals surface area (Å²) in [5.74, 6) is -0.00760. The van der Waals surface area contributed by atoms with Crippen molar-refractivity contribution in [3.05, 3.63) is 71.4 Å². The van der Waals surface area contributed by atoms with Gasteiger partial charge in [0.05, 0.1) is 0 Å². The lowest BCUT2D eigenvalue weighted by molar-refractivity contribution is -0.112. The van der Waals surface area contributed by atoms with Crippen LogP contribution in [0, 0.1) is 11.3 Å². The summed E-state index contributed by atoms with van der Waals surface area (Å²) in [6, 6.07) is 17.6. The summed E-state index contributed by atoms with van der Waals surface area (Å²) >= 11 is 0. The van der Waals surface area contributed by atoms with Gasteiger partial charge in [-0.25, -0.2) is 0 Å². The summed E-state index contributed by atoms with van der Waals surface area (Å²) in [5.41, 5.74) is 4.01. The first-order chi connectivity index (χ1) is 12.7. The number of hydrogen-bond acceptors (Lipinski definition) is 3. The molecule has 0 aliphatic carbocycles. The van der Waals surface area contributed by atoms with Gasteiger partial charge in [0, 0.05) is 17.6 Å². The maximum absolute atomic E-state index is 12.3. The summed E-state index contributed by atoms with van der Waals surface area (Å²) in [6.45, 7) is 10.7. The normalized spacial score (nSPS) is 11.8. The Hall–Kier alpha value is -3.06. The third-order valence-corrected chi connectivity index (χ3v) is 4.33. The number of nitriles is 1. The largest absolute Gasteiger partial charge is 0.360 e. The van der Waals surface area contributed by atoms with Crippen LogP contribution in [-0.4, -0.2) is 5.91 Å². The monoisotopic (exact) mass is 361 g/mol. The van der Waals surface area contributed by atoms with E-state index in [1.54, 1.807) is 0 Å². The van der Waals surface area contributed by atoms with Crippen LogP contribution in [0.3, 0.4) is 0 Å². The van der Waals surface area contributed by atoms with Crippen molar-refractivity contribution in [1.82, 2.24) is 0 Å². The summed E-state index contributed by atoms with van der Waals surface area (Å²) in [7, 11) is 0. The molecule has 0 saturated carbocycles. The van der Waals surface area contributed by atoms with E-state index in [9.17, 15) is 10.1 Å². The Morgan fingerprint density at radius 1 is 1.00 bits per heavy atom. The van der Waals surface area contributed by atoms with E-state index in [0.717, 1.165) is 5.69 Å². The van der Waals surface area contributed by atoms with Crippen molar-refractivity contribution in [2.45, 2.75) is 46.0 Å². The number of hydrogen-bond donors (Lipinski definition) is 2. The second-order valence-electron chi connectivity index (χ2n) is 7.87. The minimum Gasteiger partial charge on any atom is -0.360 e. The molecule has 2 aromatic carbocycles. The minimum absolute atomic E-state index is 0.0165. The molecule has 0 atom stereocenters. The average molecular weight is 361 g/mol. The van der Waals surface area contributed by atoms with E-state index in [-0.39, 0.29) is 11.0 Å². The predicted molar refractivity (Wildman–Crippen MR) is 112 cm³/mol. The smallest absolute Gasteiger partial charge is 0.267 e. The summed E-state index contributed by atoms with van der Waals surface area (Å²) in [5, 5.41) is 15.1. The molecule has 0 bridgehead atoms. The molecule has 0 radical (unpaired) electrons. The van der Waals surface area contributed by atoms with Crippen LogP contribution in [0.5, 0.6) is 0 Å². The van der Waals surface area contributed by atoms with Gasteiger partial charge in [0.15, 0.2) is 0 Å². The van der Waals surface area contributed by atoms with Gasteiger partial charge < -0.3 is 10.6 Å². The second kappa shape index (κ2) is 8.55. The van der Waals surface area contributed by atoms with Gasteiger partial charge in [-0.15, -0.1) is 0 Å². The number of nitrogens with zero attached hydrogens (tertiary/aromatic N) is 1. The van der Waals surface area contributed by atoms with Crippen molar-refractivity contribution < 1.29 is 4.79 Å². The molecule has 0 unspecified atom stereocenters. The highest BCUT2D eigenvalue weighted by atomic mass is 16.1. The Labute approximate surface area is 161 Å². The van der Waals surface area contributed by atoms with Crippen molar-refractivity contribution in [1.29, 1.82) is 5.26 Å². The van der Waals surface area contributed by atoms with Crippen molar-refractivity contribution >= 4 is 17.3 Å². The van der Waals surface area contributed by atoms with Crippen molar-refractivity contribution in [2.75, 3.05) is 10.6 Å². The Morgan fingerprint density at radius 3 is 2.04 bits per heavy atom. The lowest BCUT2D eigenvalue weighted by Gasteiger charge is -2.19. The number of benzene rings is 2. The first-order valence-corrected chi connectivity index (χ1v) is 9.09. The highest BCUT2D eigenvalue weighted by Gasteiger charge is 2.13.